The van der Waals surface area contributed by atoms with Gasteiger partial charge in [-0.05, 0) is 36.1 Å². The van der Waals surface area contributed by atoms with E-state index in [1.54, 1.807) is 4.57 Å². The molecule has 0 aliphatic carbocycles. The van der Waals surface area contributed by atoms with Crippen LogP contribution in [-0.4, -0.2) is 10.3 Å². The molecule has 0 saturated carbocycles. The van der Waals surface area contributed by atoms with Crippen molar-refractivity contribution in [3.8, 4) is 0 Å². The molecule has 2 aromatic rings. The van der Waals surface area contributed by atoms with E-state index in [0.717, 1.165) is 35.9 Å². The van der Waals surface area contributed by atoms with Crippen LogP contribution in [0.1, 0.15) is 12.8 Å². The quantitative estimate of drug-likeness (QED) is 0.636. The molecule has 2 nitrogen and oxygen atoms in total. The van der Waals surface area contributed by atoms with Crippen LogP contribution >= 0.6 is 12.6 Å². The lowest BCUT2D eigenvalue weighted by Gasteiger charge is -2.06. The highest BCUT2D eigenvalue weighted by Crippen LogP contribution is 2.08. The van der Waals surface area contributed by atoms with Gasteiger partial charge in [-0.15, -0.1) is 0 Å². The van der Waals surface area contributed by atoms with Gasteiger partial charge < -0.3 is 4.57 Å². The van der Waals surface area contributed by atoms with Crippen molar-refractivity contribution >= 4 is 23.4 Å². The third-order valence-electron chi connectivity index (χ3n) is 2.69. The SMILES string of the molecule is O=c1c2ccccc2ccn1CCCCS. The van der Waals surface area contributed by atoms with Crippen LogP contribution in [0.15, 0.2) is 41.3 Å². The molecule has 0 unspecified atom stereocenters. The summed E-state index contributed by atoms with van der Waals surface area (Å²) in [5.41, 5.74) is 0.109. The number of thiol groups is 1. The minimum absolute atomic E-state index is 0.109. The Labute approximate surface area is 100 Å². The standard InChI is InChI=1S/C13H15NOS/c15-13-12-6-2-1-5-11(12)7-9-14(13)8-3-4-10-16/h1-2,5-7,9,16H,3-4,8,10H2. The zero-order chi connectivity index (χ0) is 11.4. The van der Waals surface area contributed by atoms with E-state index in [2.05, 4.69) is 12.6 Å². The number of pyridine rings is 1. The molecule has 2 rings (SSSR count). The van der Waals surface area contributed by atoms with Crippen LogP contribution < -0.4 is 5.56 Å². The highest BCUT2D eigenvalue weighted by atomic mass is 32.1. The molecule has 0 saturated heterocycles. The van der Waals surface area contributed by atoms with Crippen molar-refractivity contribution in [2.24, 2.45) is 0 Å². The van der Waals surface area contributed by atoms with Gasteiger partial charge >= 0.3 is 0 Å². The van der Waals surface area contributed by atoms with Crippen molar-refractivity contribution in [1.29, 1.82) is 0 Å². The average Bonchev–Trinajstić information content (AvgIpc) is 2.33. The van der Waals surface area contributed by atoms with Gasteiger partial charge in [0, 0.05) is 18.1 Å². The van der Waals surface area contributed by atoms with Crippen molar-refractivity contribution in [1.82, 2.24) is 4.57 Å². The Morgan fingerprint density at radius 1 is 1.12 bits per heavy atom. The van der Waals surface area contributed by atoms with E-state index in [0.29, 0.717) is 0 Å². The molecular weight excluding hydrogens is 218 g/mol. The van der Waals surface area contributed by atoms with E-state index in [4.69, 9.17) is 0 Å². The highest BCUT2D eigenvalue weighted by molar-refractivity contribution is 7.80. The molecule has 1 aromatic carbocycles. The highest BCUT2D eigenvalue weighted by Gasteiger charge is 2.00. The van der Waals surface area contributed by atoms with Crippen molar-refractivity contribution < 1.29 is 0 Å². The number of hydrogen-bond acceptors (Lipinski definition) is 2. The first kappa shape index (κ1) is 11.3. The summed E-state index contributed by atoms with van der Waals surface area (Å²) < 4.78 is 1.78. The fourth-order valence-corrected chi connectivity index (χ4v) is 2.02. The van der Waals surface area contributed by atoms with E-state index in [1.165, 1.54) is 0 Å². The van der Waals surface area contributed by atoms with Gasteiger partial charge in [0.1, 0.15) is 0 Å². The van der Waals surface area contributed by atoms with Crippen LogP contribution in [0.5, 0.6) is 0 Å². The monoisotopic (exact) mass is 233 g/mol. The number of unbranched alkanes of at least 4 members (excludes halogenated alkanes) is 1. The van der Waals surface area contributed by atoms with Crippen LogP contribution in [0.25, 0.3) is 10.8 Å². The average molecular weight is 233 g/mol. The number of benzene rings is 1. The number of aryl methyl sites for hydroxylation is 1. The third kappa shape index (κ3) is 2.30. The second-order valence-electron chi connectivity index (χ2n) is 3.83. The topological polar surface area (TPSA) is 22.0 Å². The van der Waals surface area contributed by atoms with Gasteiger partial charge in [0.2, 0.25) is 0 Å². The van der Waals surface area contributed by atoms with Crippen LogP contribution in [0, 0.1) is 0 Å². The summed E-state index contributed by atoms with van der Waals surface area (Å²) in [7, 11) is 0. The summed E-state index contributed by atoms with van der Waals surface area (Å²) in [6.45, 7) is 0.782. The second kappa shape index (κ2) is 5.21. The Morgan fingerprint density at radius 2 is 1.94 bits per heavy atom. The molecule has 0 amide bonds. The zero-order valence-electron chi connectivity index (χ0n) is 9.10. The molecule has 0 N–H and O–H groups in total. The molecule has 84 valence electrons. The number of hydrogen-bond donors (Lipinski definition) is 1. The fourth-order valence-electron chi connectivity index (χ4n) is 1.80. The Morgan fingerprint density at radius 3 is 2.75 bits per heavy atom. The van der Waals surface area contributed by atoms with Crippen LogP contribution in [0.3, 0.4) is 0 Å². The van der Waals surface area contributed by atoms with Crippen molar-refractivity contribution in [2.75, 3.05) is 5.75 Å². The van der Waals surface area contributed by atoms with Gasteiger partial charge in [0.25, 0.3) is 5.56 Å². The maximum atomic E-state index is 12.1. The molecule has 0 atom stereocenters. The predicted molar refractivity (Wildman–Crippen MR) is 71.3 cm³/mol. The summed E-state index contributed by atoms with van der Waals surface area (Å²) in [4.78, 5) is 12.1. The molecule has 1 heterocycles. The summed E-state index contributed by atoms with van der Waals surface area (Å²) in [6.07, 6.45) is 3.92. The van der Waals surface area contributed by atoms with Gasteiger partial charge in [-0.25, -0.2) is 0 Å². The zero-order valence-corrected chi connectivity index (χ0v) is 9.99. The van der Waals surface area contributed by atoms with E-state index in [-0.39, 0.29) is 5.56 Å². The molecule has 0 spiro atoms. The largest absolute Gasteiger partial charge is 0.315 e. The minimum atomic E-state index is 0.109. The molecule has 0 aliphatic rings. The van der Waals surface area contributed by atoms with E-state index in [9.17, 15) is 4.79 Å². The first-order valence-electron chi connectivity index (χ1n) is 5.52. The Kier molecular flexibility index (Phi) is 3.67. The van der Waals surface area contributed by atoms with Gasteiger partial charge in [0.05, 0.1) is 0 Å². The predicted octanol–water partition coefficient (Wildman–Crippen LogP) is 2.71. The first-order chi connectivity index (χ1) is 7.83. The second-order valence-corrected chi connectivity index (χ2v) is 4.28. The lowest BCUT2D eigenvalue weighted by molar-refractivity contribution is 0.620. The molecule has 0 radical (unpaired) electrons. The third-order valence-corrected chi connectivity index (χ3v) is 3.01. The fraction of sp³-hybridized carbons (Fsp3) is 0.308. The molecule has 3 heteroatoms. The van der Waals surface area contributed by atoms with Gasteiger partial charge in [-0.1, -0.05) is 18.2 Å². The summed E-state index contributed by atoms with van der Waals surface area (Å²) >= 11 is 4.16. The van der Waals surface area contributed by atoms with Gasteiger partial charge in [0.15, 0.2) is 0 Å². The van der Waals surface area contributed by atoms with Crippen molar-refractivity contribution in [2.45, 2.75) is 19.4 Å². The van der Waals surface area contributed by atoms with Crippen molar-refractivity contribution in [3.05, 3.63) is 46.9 Å². The normalized spacial score (nSPS) is 10.8. The van der Waals surface area contributed by atoms with Crippen LogP contribution in [0.4, 0.5) is 0 Å². The maximum absolute atomic E-state index is 12.1. The number of nitrogens with zero attached hydrogens (tertiary/aromatic N) is 1. The van der Waals surface area contributed by atoms with E-state index >= 15 is 0 Å². The molecule has 0 bridgehead atoms. The smallest absolute Gasteiger partial charge is 0.258 e. The molecular formula is C13H15NOS. The van der Waals surface area contributed by atoms with E-state index in [1.807, 2.05) is 36.5 Å². The number of rotatable bonds is 4. The summed E-state index contributed by atoms with van der Waals surface area (Å²) in [5.74, 6) is 0.877. The molecule has 16 heavy (non-hydrogen) atoms. The summed E-state index contributed by atoms with van der Waals surface area (Å²) in [5, 5.41) is 1.81. The Hall–Kier alpha value is -1.22. The Bertz CT molecular complexity index is 533. The molecule has 1 aromatic heterocycles. The van der Waals surface area contributed by atoms with Gasteiger partial charge in [-0.2, -0.15) is 12.6 Å². The van der Waals surface area contributed by atoms with Crippen LogP contribution in [-0.2, 0) is 6.54 Å². The number of fused-ring (bicyclic) bond motifs is 1. The number of aromatic nitrogens is 1. The van der Waals surface area contributed by atoms with Gasteiger partial charge in [-0.3, -0.25) is 4.79 Å². The minimum Gasteiger partial charge on any atom is -0.315 e. The first-order valence-corrected chi connectivity index (χ1v) is 6.15. The van der Waals surface area contributed by atoms with Crippen LogP contribution in [0.2, 0.25) is 0 Å². The molecule has 0 aliphatic heterocycles. The van der Waals surface area contributed by atoms with E-state index < -0.39 is 0 Å². The Balaban J connectivity index is 2.33. The van der Waals surface area contributed by atoms with Crippen molar-refractivity contribution in [3.63, 3.8) is 0 Å². The lowest BCUT2D eigenvalue weighted by Crippen LogP contribution is -2.19. The summed E-state index contributed by atoms with van der Waals surface area (Å²) in [6, 6.07) is 9.70. The molecule has 0 fully saturated rings. The lowest BCUT2D eigenvalue weighted by atomic mass is 10.2. The maximum Gasteiger partial charge on any atom is 0.258 e.